The number of rotatable bonds is 9. The van der Waals surface area contributed by atoms with E-state index in [4.69, 9.17) is 13.6 Å². The third-order valence-electron chi connectivity index (χ3n) is 11.1. The number of ketones is 1. The fourth-order valence-electron chi connectivity index (χ4n) is 6.68. The minimum atomic E-state index is -1.98. The Labute approximate surface area is 237 Å². The van der Waals surface area contributed by atoms with Gasteiger partial charge in [0.2, 0.25) is 0 Å². The van der Waals surface area contributed by atoms with Crippen molar-refractivity contribution in [3.63, 3.8) is 0 Å². The van der Waals surface area contributed by atoms with Gasteiger partial charge < -0.3 is 13.6 Å². The molecule has 220 valence electrons. The van der Waals surface area contributed by atoms with Crippen molar-refractivity contribution in [2.45, 2.75) is 154 Å². The van der Waals surface area contributed by atoms with Gasteiger partial charge in [0.1, 0.15) is 5.60 Å². The van der Waals surface area contributed by atoms with Crippen LogP contribution in [-0.2, 0) is 18.4 Å². The van der Waals surface area contributed by atoms with E-state index in [0.717, 1.165) is 12.8 Å². The average Bonchev–Trinajstić information content (AvgIpc) is 2.81. The van der Waals surface area contributed by atoms with Crippen molar-refractivity contribution < 1.29 is 18.4 Å². The lowest BCUT2D eigenvalue weighted by molar-refractivity contribution is -0.211. The molecule has 0 saturated heterocycles. The molecule has 38 heavy (non-hydrogen) atoms. The molecule has 2 unspecified atom stereocenters. The number of hydrogen-bond donors (Lipinski definition) is 0. The molecule has 0 radical (unpaired) electrons. The van der Waals surface area contributed by atoms with Crippen LogP contribution in [0.5, 0.6) is 0 Å². The van der Waals surface area contributed by atoms with Crippen molar-refractivity contribution in [3.05, 3.63) is 12.2 Å². The summed E-state index contributed by atoms with van der Waals surface area (Å²) in [7, 11) is -3.92. The van der Waals surface area contributed by atoms with Gasteiger partial charge in [0.25, 0.3) is 0 Å². The number of carbonyl (C=O) groups is 1. The minimum Gasteiger partial charge on any atom is -0.413 e. The van der Waals surface area contributed by atoms with Crippen molar-refractivity contribution in [3.8, 4) is 0 Å². The summed E-state index contributed by atoms with van der Waals surface area (Å²) in [5, 5.41) is 0.318. The van der Waals surface area contributed by atoms with Crippen LogP contribution < -0.4 is 0 Å². The monoisotopic (exact) mass is 564 g/mol. The zero-order valence-electron chi connectivity index (χ0n) is 26.9. The summed E-state index contributed by atoms with van der Waals surface area (Å²) in [5.41, 5.74) is -0.628. The second-order valence-electron chi connectivity index (χ2n) is 15.7. The fraction of sp³-hybridized carbons (Fsp3) is 0.906. The lowest BCUT2D eigenvalue weighted by atomic mass is 9.50. The molecular weight excluding hydrogens is 505 g/mol. The van der Waals surface area contributed by atoms with Crippen molar-refractivity contribution in [1.29, 1.82) is 0 Å². The average molecular weight is 565 g/mol. The van der Waals surface area contributed by atoms with Gasteiger partial charge in [-0.3, -0.25) is 4.79 Å². The van der Waals surface area contributed by atoms with Crippen LogP contribution in [-0.4, -0.2) is 46.8 Å². The Balaban J connectivity index is 1.99. The maximum atomic E-state index is 13.3. The van der Waals surface area contributed by atoms with E-state index in [1.54, 1.807) is 0 Å². The predicted molar refractivity (Wildman–Crippen MR) is 165 cm³/mol. The third kappa shape index (κ3) is 6.29. The van der Waals surface area contributed by atoms with Crippen LogP contribution in [0.4, 0.5) is 0 Å². The SMILES string of the molecule is CCO[C@]12CC[C@@H](O[Si](C)(C)C(C)(C)C)[C@H](C=C[C@@H](O[Si](C)(C)C(C)(C)C)C3CCCCC3)C1C(C)C2=O. The number of carbonyl (C=O) groups excluding carboxylic acids is 1. The quantitative estimate of drug-likeness (QED) is 0.207. The van der Waals surface area contributed by atoms with E-state index in [0.29, 0.717) is 18.3 Å². The summed E-state index contributed by atoms with van der Waals surface area (Å²) in [4.78, 5) is 13.3. The fourth-order valence-corrected chi connectivity index (χ4v) is 9.37. The van der Waals surface area contributed by atoms with Crippen LogP contribution >= 0.6 is 0 Å². The highest BCUT2D eigenvalue weighted by molar-refractivity contribution is 6.74. The van der Waals surface area contributed by atoms with Gasteiger partial charge in [-0.05, 0) is 74.8 Å². The van der Waals surface area contributed by atoms with Crippen LogP contribution in [0.3, 0.4) is 0 Å². The zero-order valence-corrected chi connectivity index (χ0v) is 28.9. The Morgan fingerprint density at radius 2 is 1.53 bits per heavy atom. The van der Waals surface area contributed by atoms with Crippen LogP contribution in [0.15, 0.2) is 12.2 Å². The molecule has 0 heterocycles. The standard InChI is InChI=1S/C32H60O4Si2/c1-13-34-32-22-21-27(36-38(11,12)31(6,7)8)25(28(32)23(2)29(32)33)19-20-26(24-17-15-14-16-18-24)35-37(9,10)30(3,4)5/h19-20,23-28H,13-18,21-22H2,1-12H3/t23?,25-,26+,27+,28?,32+/m0/s1. The highest BCUT2D eigenvalue weighted by Gasteiger charge is 2.66. The Kier molecular flexibility index (Phi) is 9.79. The molecular formula is C32H60O4Si2. The van der Waals surface area contributed by atoms with E-state index >= 15 is 0 Å². The predicted octanol–water partition coefficient (Wildman–Crippen LogP) is 8.92. The van der Waals surface area contributed by atoms with Gasteiger partial charge in [-0.25, -0.2) is 0 Å². The summed E-state index contributed by atoms with van der Waals surface area (Å²) in [6.45, 7) is 28.2. The molecule has 0 N–H and O–H groups in total. The second kappa shape index (κ2) is 11.5. The molecule has 3 saturated carbocycles. The molecule has 3 fully saturated rings. The molecule has 0 aliphatic heterocycles. The Morgan fingerprint density at radius 1 is 0.947 bits per heavy atom. The molecule has 0 spiro atoms. The van der Waals surface area contributed by atoms with E-state index in [2.05, 4.69) is 86.8 Å². The van der Waals surface area contributed by atoms with Crippen molar-refractivity contribution in [2.24, 2.45) is 23.7 Å². The Hall–Kier alpha value is -0.276. The smallest absolute Gasteiger partial charge is 0.192 e. The van der Waals surface area contributed by atoms with Gasteiger partial charge in [0.15, 0.2) is 22.4 Å². The number of hydrogen-bond acceptors (Lipinski definition) is 4. The van der Waals surface area contributed by atoms with Gasteiger partial charge in [-0.2, -0.15) is 0 Å². The lowest BCUT2D eigenvalue weighted by Crippen LogP contribution is -2.70. The summed E-state index contributed by atoms with van der Waals surface area (Å²) < 4.78 is 20.6. The van der Waals surface area contributed by atoms with E-state index < -0.39 is 22.2 Å². The maximum Gasteiger partial charge on any atom is 0.192 e. The molecule has 0 aromatic rings. The van der Waals surface area contributed by atoms with E-state index in [1.807, 2.05) is 6.92 Å². The first-order valence-electron chi connectivity index (χ1n) is 15.6. The zero-order chi connectivity index (χ0) is 28.7. The van der Waals surface area contributed by atoms with Crippen molar-refractivity contribution in [1.82, 2.24) is 0 Å². The minimum absolute atomic E-state index is 0.0106. The van der Waals surface area contributed by atoms with Gasteiger partial charge in [-0.15, -0.1) is 0 Å². The van der Waals surface area contributed by atoms with Crippen LogP contribution in [0.25, 0.3) is 0 Å². The first kappa shape index (κ1) is 32.2. The molecule has 0 aromatic carbocycles. The largest absolute Gasteiger partial charge is 0.413 e. The molecule has 3 rings (SSSR count). The summed E-state index contributed by atoms with van der Waals surface area (Å²) in [6.07, 6.45) is 13.2. The molecule has 3 aliphatic rings. The third-order valence-corrected chi connectivity index (χ3v) is 20.1. The molecule has 0 amide bonds. The summed E-state index contributed by atoms with van der Waals surface area (Å²) in [6, 6.07) is 0. The number of Topliss-reactive ketones (excluding diaryl/α,β-unsaturated/α-hetero) is 1. The number of fused-ring (bicyclic) bond motifs is 1. The van der Waals surface area contributed by atoms with Crippen molar-refractivity contribution >= 4 is 22.4 Å². The molecule has 6 atom stereocenters. The Morgan fingerprint density at radius 3 is 2.05 bits per heavy atom. The molecule has 6 heteroatoms. The van der Waals surface area contributed by atoms with Crippen LogP contribution in [0.2, 0.25) is 36.3 Å². The lowest BCUT2D eigenvalue weighted by Gasteiger charge is -2.60. The Bertz CT molecular complexity index is 847. The van der Waals surface area contributed by atoms with Gasteiger partial charge >= 0.3 is 0 Å². The molecule has 0 aromatic heterocycles. The summed E-state index contributed by atoms with van der Waals surface area (Å²) >= 11 is 0. The molecule has 0 bridgehead atoms. The highest BCUT2D eigenvalue weighted by atomic mass is 28.4. The van der Waals surface area contributed by atoms with Gasteiger partial charge in [-0.1, -0.05) is 79.9 Å². The topological polar surface area (TPSA) is 44.8 Å². The first-order valence-corrected chi connectivity index (χ1v) is 21.4. The van der Waals surface area contributed by atoms with Crippen LogP contribution in [0.1, 0.15) is 100 Å². The van der Waals surface area contributed by atoms with E-state index in [-0.39, 0.29) is 40.0 Å². The molecule has 4 nitrogen and oxygen atoms in total. The van der Waals surface area contributed by atoms with Gasteiger partial charge in [0.05, 0.1) is 12.2 Å². The second-order valence-corrected chi connectivity index (χ2v) is 25.2. The van der Waals surface area contributed by atoms with Crippen LogP contribution in [0, 0.1) is 23.7 Å². The maximum absolute atomic E-state index is 13.3. The van der Waals surface area contributed by atoms with E-state index in [9.17, 15) is 4.79 Å². The van der Waals surface area contributed by atoms with E-state index in [1.165, 1.54) is 32.1 Å². The number of ether oxygens (including phenoxy) is 1. The summed E-state index contributed by atoms with van der Waals surface area (Å²) in [5.74, 6) is 1.24. The highest BCUT2D eigenvalue weighted by Crippen LogP contribution is 2.56. The van der Waals surface area contributed by atoms with Crippen molar-refractivity contribution in [2.75, 3.05) is 6.61 Å². The first-order chi connectivity index (χ1) is 17.4. The van der Waals surface area contributed by atoms with Gasteiger partial charge in [0, 0.05) is 24.4 Å². The molecule has 3 aliphatic carbocycles. The normalized spacial score (nSPS) is 32.8.